The Morgan fingerprint density at radius 1 is 0.456 bits per heavy atom. The summed E-state index contributed by atoms with van der Waals surface area (Å²) in [4.78, 5) is 46.0. The van der Waals surface area contributed by atoms with Gasteiger partial charge in [0.2, 0.25) is 0 Å². The predicted octanol–water partition coefficient (Wildman–Crippen LogP) is 11.1. The van der Waals surface area contributed by atoms with E-state index in [0.717, 1.165) is 30.4 Å². The van der Waals surface area contributed by atoms with Crippen molar-refractivity contribution in [1.82, 2.24) is 16.0 Å². The normalized spacial score (nSPS) is 12.7. The van der Waals surface area contributed by atoms with Crippen molar-refractivity contribution in [2.45, 2.75) is 177 Å². The number of carboxylic acids is 1. The first kappa shape index (κ1) is 62.1. The lowest BCUT2D eigenvalue weighted by Gasteiger charge is -2.22. The van der Waals surface area contributed by atoms with E-state index in [4.69, 9.17) is 25.1 Å². The molecule has 0 aliphatic rings. The summed E-state index contributed by atoms with van der Waals surface area (Å²) in [7, 11) is 0. The first-order chi connectivity index (χ1) is 30.9. The second kappa shape index (κ2) is 29.8. The van der Waals surface area contributed by atoms with E-state index in [1.54, 1.807) is 20.8 Å². The monoisotopic (exact) mass is 944 g/mol. The Hall–Kier alpha value is -5.92. The van der Waals surface area contributed by atoms with Crippen molar-refractivity contribution in [3.8, 4) is 0 Å². The highest BCUT2D eigenvalue weighted by molar-refractivity contribution is 5.80. The molecule has 13 nitrogen and oxygen atoms in total. The van der Waals surface area contributed by atoms with Gasteiger partial charge in [0.25, 0.3) is 0 Å². The molecule has 0 heterocycles. The standard InChI is InChI=1S/C15H21NO4.2C15H23NO2.C10H15N.H2O/c1-10-5-7-11(8-6-10)9-12(13(17)18)16-14(19)20-15(2,3)4;2*1-11-6-8-13(9-7-11)10-12(2)16-14(17)18-15(3,4)5;1-8-3-5-10(6-4-8)7-9(2)11;/h5-8,12H,9H2,1-4H3,(H,16,19)(H,17,18);2*6-9,12H,10H2,1-5H3,(H,16,17);3-6,9H,7,11H2,1-2H3;1H2/p-1. The zero-order chi connectivity index (χ0) is 51.1. The molecule has 0 radical (unpaired) electrons. The number of benzene rings is 4. The number of alkyl carbamates (subject to hydrolysis) is 3. The molecule has 7 N–H and O–H groups in total. The maximum Gasteiger partial charge on any atom is 0.408 e. The average Bonchev–Trinajstić information content (AvgIpc) is 3.16. The van der Waals surface area contributed by atoms with Crippen LogP contribution in [-0.4, -0.2) is 75.8 Å². The maximum absolute atomic E-state index is 11.6. The molecular formula is C55H83N4O9-. The first-order valence-corrected chi connectivity index (χ1v) is 23.1. The van der Waals surface area contributed by atoms with E-state index in [2.05, 4.69) is 110 Å². The van der Waals surface area contributed by atoms with Crippen LogP contribution in [-0.2, 0) is 44.7 Å². The molecule has 4 aromatic rings. The van der Waals surface area contributed by atoms with Crippen molar-refractivity contribution in [1.29, 1.82) is 0 Å². The van der Waals surface area contributed by atoms with Crippen LogP contribution in [0.15, 0.2) is 97.1 Å². The Labute approximate surface area is 407 Å². The van der Waals surface area contributed by atoms with E-state index in [9.17, 15) is 19.2 Å². The number of aliphatic carboxylic acids is 1. The van der Waals surface area contributed by atoms with E-state index < -0.39 is 34.9 Å². The van der Waals surface area contributed by atoms with Crippen molar-refractivity contribution >= 4 is 24.2 Å². The van der Waals surface area contributed by atoms with Gasteiger partial charge in [0.05, 0.1) is 0 Å². The number of carbonyl (C=O) groups is 4. The van der Waals surface area contributed by atoms with Crippen molar-refractivity contribution in [3.63, 3.8) is 0 Å². The van der Waals surface area contributed by atoms with Crippen molar-refractivity contribution < 1.29 is 44.0 Å². The van der Waals surface area contributed by atoms with Crippen LogP contribution >= 0.6 is 0 Å². The number of nitrogens with two attached hydrogens (primary N) is 1. The van der Waals surface area contributed by atoms with E-state index in [1.807, 2.05) is 93.5 Å². The molecule has 4 unspecified atom stereocenters. The van der Waals surface area contributed by atoms with Gasteiger partial charge in [-0.05, 0) is 152 Å². The van der Waals surface area contributed by atoms with Gasteiger partial charge in [0.1, 0.15) is 22.8 Å². The molecule has 68 heavy (non-hydrogen) atoms. The highest BCUT2D eigenvalue weighted by atomic mass is 16.6. The maximum atomic E-state index is 11.6. The number of amides is 3. The molecule has 4 atom stereocenters. The van der Waals surface area contributed by atoms with Gasteiger partial charge < -0.3 is 46.5 Å². The first-order valence-electron chi connectivity index (χ1n) is 23.1. The van der Waals surface area contributed by atoms with Crippen LogP contribution in [0.3, 0.4) is 0 Å². The van der Waals surface area contributed by atoms with Gasteiger partial charge in [-0.25, -0.2) is 19.2 Å². The topological polar surface area (TPSA) is 208 Å². The van der Waals surface area contributed by atoms with Gasteiger partial charge in [-0.1, -0.05) is 119 Å². The van der Waals surface area contributed by atoms with E-state index in [0.29, 0.717) is 0 Å². The molecule has 4 aromatic carbocycles. The number of aryl methyl sites for hydroxylation is 4. The lowest BCUT2D eigenvalue weighted by molar-refractivity contribution is -0.139. The fraction of sp³-hybridized carbons (Fsp3) is 0.491. The molecule has 4 rings (SSSR count). The van der Waals surface area contributed by atoms with Crippen molar-refractivity contribution in [2.75, 3.05) is 0 Å². The SMILES string of the molecule is Cc1ccc(CC(C)N)cc1.Cc1ccc(CC(C)NC(=O)OC(C)(C)C)cc1.Cc1ccc(CC(C)NC(=O)OC(C)(C)C)cc1.Cc1ccc(CC(NC(=O)OC(C)(C)C)C(=O)O)cc1.[OH-]. The van der Waals surface area contributed by atoms with Gasteiger partial charge in [0, 0.05) is 24.5 Å². The Bertz CT molecular complexity index is 1990. The number of carboxylic acid groups (broad SMARTS) is 1. The van der Waals surface area contributed by atoms with Crippen LogP contribution in [0, 0.1) is 27.7 Å². The van der Waals surface area contributed by atoms with Gasteiger partial charge in [-0.2, -0.15) is 0 Å². The molecule has 378 valence electrons. The largest absolute Gasteiger partial charge is 0.870 e. The number of hydrogen-bond acceptors (Lipinski definition) is 9. The second-order valence-corrected chi connectivity index (χ2v) is 20.4. The van der Waals surface area contributed by atoms with Crippen LogP contribution in [0.1, 0.15) is 128 Å². The highest BCUT2D eigenvalue weighted by Gasteiger charge is 2.24. The minimum absolute atomic E-state index is 0. The third-order valence-electron chi connectivity index (χ3n) is 9.08. The average molecular weight is 944 g/mol. The zero-order valence-electron chi connectivity index (χ0n) is 43.7. The van der Waals surface area contributed by atoms with Crippen molar-refractivity contribution in [3.05, 3.63) is 142 Å². The molecule has 0 aromatic heterocycles. The summed E-state index contributed by atoms with van der Waals surface area (Å²) in [5, 5.41) is 17.2. The highest BCUT2D eigenvalue weighted by Crippen LogP contribution is 2.13. The Balaban J connectivity index is 0.000000891. The second-order valence-electron chi connectivity index (χ2n) is 20.4. The molecule has 0 saturated carbocycles. The third kappa shape index (κ3) is 31.9. The molecule has 0 bridgehead atoms. The van der Waals surface area contributed by atoms with E-state index in [-0.39, 0.29) is 42.2 Å². The summed E-state index contributed by atoms with van der Waals surface area (Å²) >= 11 is 0. The summed E-state index contributed by atoms with van der Waals surface area (Å²) in [5.41, 5.74) is 13.6. The number of hydrogen-bond donors (Lipinski definition) is 5. The fourth-order valence-corrected chi connectivity index (χ4v) is 5.98. The Morgan fingerprint density at radius 2 is 0.691 bits per heavy atom. The summed E-state index contributed by atoms with van der Waals surface area (Å²) in [5.74, 6) is -1.09. The summed E-state index contributed by atoms with van der Waals surface area (Å²) in [6.45, 7) is 30.5. The molecule has 0 fully saturated rings. The Kier molecular flexibility index (Phi) is 27.2. The van der Waals surface area contributed by atoms with Crippen LogP contribution < -0.4 is 21.7 Å². The van der Waals surface area contributed by atoms with Gasteiger partial charge in [-0.15, -0.1) is 0 Å². The lowest BCUT2D eigenvalue weighted by Crippen LogP contribution is -2.44. The molecular weight excluding hydrogens is 861 g/mol. The number of nitrogens with one attached hydrogen (secondary N) is 3. The molecule has 0 aliphatic heterocycles. The van der Waals surface area contributed by atoms with Crippen LogP contribution in [0.5, 0.6) is 0 Å². The van der Waals surface area contributed by atoms with Crippen LogP contribution in [0.25, 0.3) is 0 Å². The minimum Gasteiger partial charge on any atom is -0.870 e. The van der Waals surface area contributed by atoms with Crippen LogP contribution in [0.4, 0.5) is 14.4 Å². The lowest BCUT2D eigenvalue weighted by atomic mass is 10.0. The minimum atomic E-state index is -1.09. The third-order valence-corrected chi connectivity index (χ3v) is 9.08. The van der Waals surface area contributed by atoms with Crippen molar-refractivity contribution in [2.24, 2.45) is 5.73 Å². The van der Waals surface area contributed by atoms with Gasteiger partial charge in [-0.3, -0.25) is 0 Å². The fourth-order valence-electron chi connectivity index (χ4n) is 5.98. The summed E-state index contributed by atoms with van der Waals surface area (Å²) in [6, 6.07) is 32.1. The van der Waals surface area contributed by atoms with Crippen LogP contribution in [0.2, 0.25) is 0 Å². The molecule has 0 aliphatic carbocycles. The summed E-state index contributed by atoms with van der Waals surface area (Å²) in [6.07, 6.45) is 1.36. The molecule has 0 saturated heterocycles. The quantitative estimate of drug-likeness (QED) is 0.0849. The van der Waals surface area contributed by atoms with Gasteiger partial charge in [0.15, 0.2) is 0 Å². The Morgan fingerprint density at radius 3 is 0.926 bits per heavy atom. The summed E-state index contributed by atoms with van der Waals surface area (Å²) < 4.78 is 15.5. The van der Waals surface area contributed by atoms with E-state index in [1.165, 1.54) is 33.4 Å². The molecule has 13 heteroatoms. The molecule has 3 amide bonds. The number of ether oxygens (including phenoxy) is 3. The van der Waals surface area contributed by atoms with E-state index >= 15 is 0 Å². The number of rotatable bonds is 12. The zero-order valence-corrected chi connectivity index (χ0v) is 43.7. The smallest absolute Gasteiger partial charge is 0.408 e. The van der Waals surface area contributed by atoms with Gasteiger partial charge >= 0.3 is 24.2 Å². The number of carbonyl (C=O) groups excluding carboxylic acids is 3. The molecule has 0 spiro atoms. The predicted molar refractivity (Wildman–Crippen MR) is 274 cm³/mol.